The summed E-state index contributed by atoms with van der Waals surface area (Å²) in [4.78, 5) is 5.80. The summed E-state index contributed by atoms with van der Waals surface area (Å²) in [5.74, 6) is 0.856. The second-order valence-corrected chi connectivity index (χ2v) is 8.24. The molecule has 7 heteroatoms. The second-order valence-electron chi connectivity index (χ2n) is 5.88. The second kappa shape index (κ2) is 8.04. The first-order chi connectivity index (χ1) is 13.3. The van der Waals surface area contributed by atoms with Crippen molar-refractivity contribution in [2.75, 3.05) is 25.2 Å². The van der Waals surface area contributed by atoms with Crippen LogP contribution in [0.25, 0.3) is 32.6 Å². The highest BCUT2D eigenvalue weighted by molar-refractivity contribution is 8.01. The number of anilines is 1. The predicted octanol–water partition coefficient (Wildman–Crippen LogP) is 4.74. The summed E-state index contributed by atoms with van der Waals surface area (Å²) < 4.78 is 6.24. The molecule has 0 aliphatic rings. The molecule has 3 heterocycles. The van der Waals surface area contributed by atoms with Crippen LogP contribution in [-0.4, -0.2) is 34.7 Å². The number of ether oxygens (including phenoxy) is 1. The van der Waals surface area contributed by atoms with Gasteiger partial charge in [-0.25, -0.2) is 4.98 Å². The zero-order valence-corrected chi connectivity index (χ0v) is 16.4. The van der Waals surface area contributed by atoms with Crippen molar-refractivity contribution in [2.45, 2.75) is 4.21 Å². The van der Waals surface area contributed by atoms with E-state index >= 15 is 0 Å². The number of nitrogen functional groups attached to an aromatic ring is 1. The molecule has 0 amide bonds. The van der Waals surface area contributed by atoms with E-state index in [9.17, 15) is 0 Å². The molecule has 0 saturated heterocycles. The van der Waals surface area contributed by atoms with Gasteiger partial charge in [-0.2, -0.15) is 10.2 Å². The molecule has 4 aromatic rings. The molecule has 3 aromatic heterocycles. The molecule has 4 rings (SSSR count). The van der Waals surface area contributed by atoms with Crippen LogP contribution in [0.1, 0.15) is 0 Å². The Kier molecular flexibility index (Phi) is 5.33. The number of thioether (sulfide) groups is 1. The van der Waals surface area contributed by atoms with Gasteiger partial charge in [0.15, 0.2) is 0 Å². The van der Waals surface area contributed by atoms with Crippen molar-refractivity contribution in [1.82, 2.24) is 15.2 Å². The minimum absolute atomic E-state index is 0.686. The fourth-order valence-electron chi connectivity index (χ4n) is 2.86. The number of nitrogens with two attached hydrogens (primary N) is 1. The van der Waals surface area contributed by atoms with Gasteiger partial charge in [0, 0.05) is 23.8 Å². The molecule has 0 spiro atoms. The molecule has 0 unspecified atom stereocenters. The molecule has 2 N–H and O–H groups in total. The number of hydrogen-bond donors (Lipinski definition) is 1. The maximum absolute atomic E-state index is 6.53. The van der Waals surface area contributed by atoms with E-state index in [2.05, 4.69) is 28.4 Å². The highest BCUT2D eigenvalue weighted by Crippen LogP contribution is 2.44. The van der Waals surface area contributed by atoms with Gasteiger partial charge >= 0.3 is 0 Å². The van der Waals surface area contributed by atoms with Crippen molar-refractivity contribution in [3.8, 4) is 22.4 Å². The van der Waals surface area contributed by atoms with E-state index in [1.165, 1.54) is 0 Å². The lowest BCUT2D eigenvalue weighted by Crippen LogP contribution is -1.93. The number of rotatable bonds is 6. The van der Waals surface area contributed by atoms with Gasteiger partial charge in [0.2, 0.25) is 0 Å². The molecular weight excluding hydrogens is 376 g/mol. The highest BCUT2D eigenvalue weighted by Gasteiger charge is 2.18. The lowest BCUT2D eigenvalue weighted by Gasteiger charge is -2.08. The topological polar surface area (TPSA) is 73.9 Å². The highest BCUT2D eigenvalue weighted by atomic mass is 32.2. The molecule has 0 aliphatic carbocycles. The van der Waals surface area contributed by atoms with Gasteiger partial charge in [-0.3, -0.25) is 0 Å². The van der Waals surface area contributed by atoms with Crippen LogP contribution in [0.2, 0.25) is 0 Å². The zero-order chi connectivity index (χ0) is 18.6. The Labute approximate surface area is 165 Å². The van der Waals surface area contributed by atoms with Gasteiger partial charge < -0.3 is 10.5 Å². The standard InChI is InChI=1S/C20H18N4OS2/c1-25-9-10-26-20-18(21)17-15(13-5-3-2-4-6-13)11-16(24-19(17)27-20)14-7-8-22-23-12-14/h2-8,11-12H,9-10,21H2,1H3. The third-order valence-electron chi connectivity index (χ3n) is 4.15. The first-order valence-electron chi connectivity index (χ1n) is 8.45. The third-order valence-corrected chi connectivity index (χ3v) is 6.50. The van der Waals surface area contributed by atoms with Crippen LogP contribution in [0, 0.1) is 0 Å². The van der Waals surface area contributed by atoms with Gasteiger partial charge in [0.1, 0.15) is 4.83 Å². The van der Waals surface area contributed by atoms with Crippen molar-refractivity contribution in [2.24, 2.45) is 0 Å². The summed E-state index contributed by atoms with van der Waals surface area (Å²) in [6.45, 7) is 0.686. The molecular formula is C20H18N4OS2. The van der Waals surface area contributed by atoms with E-state index in [1.807, 2.05) is 24.3 Å². The monoisotopic (exact) mass is 394 g/mol. The van der Waals surface area contributed by atoms with Crippen molar-refractivity contribution >= 4 is 39.0 Å². The Balaban J connectivity index is 1.91. The smallest absolute Gasteiger partial charge is 0.127 e. The summed E-state index contributed by atoms with van der Waals surface area (Å²) in [6.07, 6.45) is 3.41. The Hall–Kier alpha value is -2.48. The number of fused-ring (bicyclic) bond motifs is 1. The first kappa shape index (κ1) is 17.9. The van der Waals surface area contributed by atoms with Crippen LogP contribution >= 0.6 is 23.1 Å². The van der Waals surface area contributed by atoms with Crippen LogP contribution in [0.15, 0.2) is 59.1 Å². The summed E-state index contributed by atoms with van der Waals surface area (Å²) in [6, 6.07) is 14.3. The summed E-state index contributed by atoms with van der Waals surface area (Å²) in [5.41, 5.74) is 11.3. The van der Waals surface area contributed by atoms with E-state index in [4.69, 9.17) is 15.5 Å². The number of pyridine rings is 1. The van der Waals surface area contributed by atoms with E-state index in [-0.39, 0.29) is 0 Å². The fraction of sp³-hybridized carbons (Fsp3) is 0.150. The Morgan fingerprint density at radius 3 is 2.70 bits per heavy atom. The fourth-order valence-corrected chi connectivity index (χ4v) is 5.13. The SMILES string of the molecule is COCCSc1sc2nc(-c3ccnnc3)cc(-c3ccccc3)c2c1N. The van der Waals surface area contributed by atoms with Crippen LogP contribution in [0.3, 0.4) is 0 Å². The van der Waals surface area contributed by atoms with Crippen LogP contribution in [0.4, 0.5) is 5.69 Å². The average molecular weight is 395 g/mol. The van der Waals surface area contributed by atoms with Gasteiger partial charge in [0.25, 0.3) is 0 Å². The van der Waals surface area contributed by atoms with Crippen LogP contribution in [0.5, 0.6) is 0 Å². The normalized spacial score (nSPS) is 11.1. The maximum Gasteiger partial charge on any atom is 0.127 e. The number of aromatic nitrogens is 3. The quantitative estimate of drug-likeness (QED) is 0.376. The minimum atomic E-state index is 0.686. The minimum Gasteiger partial charge on any atom is -0.397 e. The van der Waals surface area contributed by atoms with Gasteiger partial charge in [-0.1, -0.05) is 30.3 Å². The molecule has 0 atom stereocenters. The molecule has 0 bridgehead atoms. The van der Waals surface area contributed by atoms with Gasteiger partial charge in [-0.05, 0) is 23.3 Å². The van der Waals surface area contributed by atoms with E-state index in [1.54, 1.807) is 42.6 Å². The molecule has 0 aliphatic heterocycles. The Bertz CT molecular complexity index is 1050. The van der Waals surface area contributed by atoms with Gasteiger partial charge in [0.05, 0.1) is 34.6 Å². The van der Waals surface area contributed by atoms with Crippen molar-refractivity contribution in [3.63, 3.8) is 0 Å². The number of methoxy groups -OCH3 is 1. The Morgan fingerprint density at radius 2 is 1.96 bits per heavy atom. The number of thiophene rings is 1. The lowest BCUT2D eigenvalue weighted by atomic mass is 10.0. The molecule has 27 heavy (non-hydrogen) atoms. The van der Waals surface area contributed by atoms with Crippen LogP contribution in [-0.2, 0) is 4.74 Å². The average Bonchev–Trinajstić information content (AvgIpc) is 3.04. The molecule has 1 aromatic carbocycles. The number of benzene rings is 1. The molecule has 5 nitrogen and oxygen atoms in total. The number of nitrogens with zero attached hydrogens (tertiary/aromatic N) is 3. The summed E-state index contributed by atoms with van der Waals surface area (Å²) in [7, 11) is 1.71. The molecule has 136 valence electrons. The van der Waals surface area contributed by atoms with Crippen molar-refractivity contribution < 1.29 is 4.74 Å². The van der Waals surface area contributed by atoms with Crippen LogP contribution < -0.4 is 5.73 Å². The van der Waals surface area contributed by atoms with Crippen molar-refractivity contribution in [1.29, 1.82) is 0 Å². The lowest BCUT2D eigenvalue weighted by molar-refractivity contribution is 0.218. The Morgan fingerprint density at radius 1 is 1.11 bits per heavy atom. The van der Waals surface area contributed by atoms with E-state index in [0.717, 1.165) is 48.3 Å². The molecule has 0 fully saturated rings. The zero-order valence-electron chi connectivity index (χ0n) is 14.8. The number of hydrogen-bond acceptors (Lipinski definition) is 7. The van der Waals surface area contributed by atoms with E-state index in [0.29, 0.717) is 6.61 Å². The van der Waals surface area contributed by atoms with Gasteiger partial charge in [-0.15, -0.1) is 23.1 Å². The largest absolute Gasteiger partial charge is 0.397 e. The summed E-state index contributed by atoms with van der Waals surface area (Å²) in [5, 5.41) is 8.86. The molecule has 0 saturated carbocycles. The maximum atomic E-state index is 6.53. The third kappa shape index (κ3) is 3.66. The molecule has 0 radical (unpaired) electrons. The van der Waals surface area contributed by atoms with Crippen molar-refractivity contribution in [3.05, 3.63) is 54.9 Å². The first-order valence-corrected chi connectivity index (χ1v) is 10.3. The predicted molar refractivity (Wildman–Crippen MR) is 113 cm³/mol. The van der Waals surface area contributed by atoms with E-state index < -0.39 is 0 Å². The summed E-state index contributed by atoms with van der Waals surface area (Å²) >= 11 is 3.34.